The number of alkyl carbamates (subject to hydrolysis) is 1. The maximum atomic E-state index is 11.9. The van der Waals surface area contributed by atoms with E-state index in [4.69, 9.17) is 47.5 Å². The van der Waals surface area contributed by atoms with E-state index in [0.29, 0.717) is 104 Å². The van der Waals surface area contributed by atoms with Crippen molar-refractivity contribution in [2.24, 2.45) is 0 Å². The van der Waals surface area contributed by atoms with Crippen LogP contribution in [0.1, 0.15) is 51.4 Å². The molecule has 0 aromatic rings. The minimum absolute atomic E-state index is 0.0176. The zero-order chi connectivity index (χ0) is 34.3. The van der Waals surface area contributed by atoms with Gasteiger partial charge < -0.3 is 52.8 Å². The number of hydrogen-bond acceptors (Lipinski definition) is 14. The molecule has 16 nitrogen and oxygen atoms in total. The predicted octanol–water partition coefficient (Wildman–Crippen LogP) is 1.73. The fourth-order valence-corrected chi connectivity index (χ4v) is 4.26. The first-order chi connectivity index (χ1) is 23.6. The van der Waals surface area contributed by atoms with Crippen LogP contribution < -0.4 is 5.32 Å². The average molecular weight is 691 g/mol. The Labute approximate surface area is 282 Å². The van der Waals surface area contributed by atoms with E-state index in [1.54, 1.807) is 0 Å². The molecule has 1 aliphatic carbocycles. The van der Waals surface area contributed by atoms with Crippen LogP contribution in [0.25, 0.3) is 0 Å². The number of hydrogen-bond donors (Lipinski definition) is 1. The Kier molecular flexibility index (Phi) is 25.3. The molecule has 1 aliphatic heterocycles. The van der Waals surface area contributed by atoms with Crippen LogP contribution >= 0.6 is 0 Å². The second kappa shape index (κ2) is 29.2. The predicted molar refractivity (Wildman–Crippen MR) is 169 cm³/mol. The Bertz CT molecular complexity index is 890. The molecule has 0 unspecified atom stereocenters. The summed E-state index contributed by atoms with van der Waals surface area (Å²) < 4.78 is 48.8. The molecular weight excluding hydrogens is 636 g/mol. The van der Waals surface area contributed by atoms with Gasteiger partial charge in [0, 0.05) is 19.4 Å². The highest BCUT2D eigenvalue weighted by atomic mass is 16.7. The van der Waals surface area contributed by atoms with Crippen LogP contribution in [0, 0.1) is 0 Å². The smallest absolute Gasteiger partial charge is 0.407 e. The molecule has 2 aliphatic rings. The molecule has 0 saturated carbocycles. The van der Waals surface area contributed by atoms with E-state index < -0.39 is 17.8 Å². The highest BCUT2D eigenvalue weighted by molar-refractivity contribution is 6.01. The molecule has 48 heavy (non-hydrogen) atoms. The van der Waals surface area contributed by atoms with Crippen LogP contribution in [-0.2, 0) is 61.9 Å². The summed E-state index contributed by atoms with van der Waals surface area (Å²) in [4.78, 5) is 51.1. The third-order valence-corrected chi connectivity index (χ3v) is 6.76. The van der Waals surface area contributed by atoms with Crippen LogP contribution in [0.3, 0.4) is 0 Å². The molecule has 16 heteroatoms. The van der Waals surface area contributed by atoms with Crippen LogP contribution in [-0.4, -0.2) is 147 Å². The van der Waals surface area contributed by atoms with Gasteiger partial charge in [0.15, 0.2) is 0 Å². The minimum Gasteiger partial charge on any atom is -0.446 e. The van der Waals surface area contributed by atoms with Crippen molar-refractivity contribution in [1.29, 1.82) is 0 Å². The number of amides is 3. The van der Waals surface area contributed by atoms with Crippen LogP contribution in [0.15, 0.2) is 12.2 Å². The van der Waals surface area contributed by atoms with Gasteiger partial charge in [-0.3, -0.25) is 9.59 Å². The van der Waals surface area contributed by atoms with Gasteiger partial charge in [-0.1, -0.05) is 12.2 Å². The average Bonchev–Trinajstić information content (AvgIpc) is 3.37. The van der Waals surface area contributed by atoms with Crippen molar-refractivity contribution in [1.82, 2.24) is 10.4 Å². The van der Waals surface area contributed by atoms with Gasteiger partial charge in [-0.05, 0) is 32.1 Å². The second-order valence-electron chi connectivity index (χ2n) is 10.6. The van der Waals surface area contributed by atoms with Crippen molar-refractivity contribution in [3.8, 4) is 0 Å². The van der Waals surface area contributed by atoms with Gasteiger partial charge in [0.25, 0.3) is 11.8 Å². The summed E-state index contributed by atoms with van der Waals surface area (Å²) in [5, 5.41) is 3.24. The number of carbonyl (C=O) groups excluding carboxylic acids is 4. The normalized spacial score (nSPS) is 17.2. The maximum Gasteiger partial charge on any atom is 0.407 e. The van der Waals surface area contributed by atoms with E-state index in [2.05, 4.69) is 17.5 Å². The number of carbonyl (C=O) groups is 4. The van der Waals surface area contributed by atoms with Crippen LogP contribution in [0.4, 0.5) is 4.79 Å². The molecule has 1 saturated heterocycles. The number of nitrogens with zero attached hydrogens (tertiary/aromatic N) is 1. The molecule has 1 atom stereocenters. The quantitative estimate of drug-likeness (QED) is 0.0682. The van der Waals surface area contributed by atoms with Crippen molar-refractivity contribution in [2.75, 3.05) is 112 Å². The third-order valence-electron chi connectivity index (χ3n) is 6.76. The third kappa shape index (κ3) is 22.8. The Morgan fingerprint density at radius 2 is 1.04 bits per heavy atom. The molecule has 1 N–H and O–H groups in total. The topological polar surface area (TPSA) is 176 Å². The Morgan fingerprint density at radius 1 is 0.604 bits per heavy atom. The Morgan fingerprint density at radius 3 is 1.54 bits per heavy atom. The van der Waals surface area contributed by atoms with Gasteiger partial charge in [-0.15, -0.1) is 5.06 Å². The molecule has 0 aromatic heterocycles. The summed E-state index contributed by atoms with van der Waals surface area (Å²) in [7, 11) is 0. The highest BCUT2D eigenvalue weighted by Gasteiger charge is 2.32. The standard InChI is InChI=1S/C32H54N2O14/c35-29-8-9-30(36)34(29)48-31(37)10-12-39-14-16-41-18-20-43-22-24-45-26-27-46-25-23-44-21-19-42-17-15-40-13-11-33-32(38)47-28-6-4-2-1-3-5-7-28/h1-2,28H,3-27H2,(H,33,38)/b2-1+/t28-/m0/s1. The number of nitrogens with one attached hydrogen (secondary N) is 1. The summed E-state index contributed by atoms with van der Waals surface area (Å²) in [5.74, 6) is -1.72. The molecule has 276 valence electrons. The molecule has 0 bridgehead atoms. The van der Waals surface area contributed by atoms with E-state index in [9.17, 15) is 19.2 Å². The zero-order valence-corrected chi connectivity index (χ0v) is 28.1. The van der Waals surface area contributed by atoms with E-state index in [1.165, 1.54) is 0 Å². The van der Waals surface area contributed by atoms with Gasteiger partial charge in [-0.25, -0.2) is 9.59 Å². The SMILES string of the molecule is O=C(CCOCCOCCOCCOCCOCCOCCOCCOCCNC(=O)O[C@H]1CC/C=C/CCC1)ON1C(=O)CCC1=O. The lowest BCUT2D eigenvalue weighted by Gasteiger charge is -2.18. The summed E-state index contributed by atoms with van der Waals surface area (Å²) in [6, 6.07) is 0. The van der Waals surface area contributed by atoms with Crippen molar-refractivity contribution in [3.63, 3.8) is 0 Å². The molecule has 0 spiro atoms. The first-order valence-electron chi connectivity index (χ1n) is 16.8. The number of rotatable bonds is 29. The number of ether oxygens (including phenoxy) is 9. The van der Waals surface area contributed by atoms with E-state index in [1.807, 2.05) is 0 Å². The lowest BCUT2D eigenvalue weighted by atomic mass is 10.0. The lowest BCUT2D eigenvalue weighted by Crippen LogP contribution is -2.32. The van der Waals surface area contributed by atoms with Gasteiger partial charge in [0.1, 0.15) is 6.10 Å². The fraction of sp³-hybridized carbons (Fsp3) is 0.812. The molecule has 1 heterocycles. The van der Waals surface area contributed by atoms with Crippen molar-refractivity contribution in [2.45, 2.75) is 57.5 Å². The van der Waals surface area contributed by atoms with E-state index in [-0.39, 0.29) is 44.7 Å². The van der Waals surface area contributed by atoms with Crippen molar-refractivity contribution in [3.05, 3.63) is 12.2 Å². The van der Waals surface area contributed by atoms with Crippen molar-refractivity contribution < 1.29 is 66.6 Å². The van der Waals surface area contributed by atoms with Crippen LogP contribution in [0.5, 0.6) is 0 Å². The first kappa shape index (κ1) is 41.5. The molecule has 2 rings (SSSR count). The summed E-state index contributed by atoms with van der Waals surface area (Å²) in [6.45, 7) is 6.80. The molecular formula is C32H54N2O14. The van der Waals surface area contributed by atoms with Gasteiger partial charge in [0.05, 0.1) is 112 Å². The fourth-order valence-electron chi connectivity index (χ4n) is 4.26. The van der Waals surface area contributed by atoms with Crippen molar-refractivity contribution >= 4 is 23.9 Å². The summed E-state index contributed by atoms with van der Waals surface area (Å²) >= 11 is 0. The Balaban J connectivity index is 1.19. The zero-order valence-electron chi connectivity index (χ0n) is 28.1. The second-order valence-corrected chi connectivity index (χ2v) is 10.6. The molecule has 1 fully saturated rings. The number of imide groups is 1. The van der Waals surface area contributed by atoms with Gasteiger partial charge in [-0.2, -0.15) is 0 Å². The molecule has 0 aromatic carbocycles. The molecule has 0 radical (unpaired) electrons. The van der Waals surface area contributed by atoms with Gasteiger partial charge >= 0.3 is 12.1 Å². The van der Waals surface area contributed by atoms with Gasteiger partial charge in [0.2, 0.25) is 0 Å². The molecule has 3 amide bonds. The Hall–Kier alpha value is -2.70. The van der Waals surface area contributed by atoms with E-state index >= 15 is 0 Å². The van der Waals surface area contributed by atoms with E-state index in [0.717, 1.165) is 32.1 Å². The summed E-state index contributed by atoms with van der Waals surface area (Å²) in [6.07, 6.45) is 8.76. The lowest BCUT2D eigenvalue weighted by molar-refractivity contribution is -0.198. The number of allylic oxidation sites excluding steroid dienone is 2. The number of hydroxylamine groups is 2. The maximum absolute atomic E-state index is 11.9. The summed E-state index contributed by atoms with van der Waals surface area (Å²) in [5.41, 5.74) is 0. The first-order valence-corrected chi connectivity index (χ1v) is 16.8. The monoisotopic (exact) mass is 690 g/mol. The van der Waals surface area contributed by atoms with Crippen LogP contribution in [0.2, 0.25) is 0 Å². The minimum atomic E-state index is -0.701. The highest BCUT2D eigenvalue weighted by Crippen LogP contribution is 2.15. The largest absolute Gasteiger partial charge is 0.446 e.